The Morgan fingerprint density at radius 3 is 2.26 bits per heavy atom. The van der Waals surface area contributed by atoms with Crippen LogP contribution < -0.4 is 9.64 Å². The number of carbonyl (C=O) groups is 4. The molecule has 1 heterocycles. The maximum absolute atomic E-state index is 13.4. The SMILES string of the molecule is COC(=O)c1ccc(N2C(=O)CC(N(CC(OC)OC)C(=O)c3cccc(OC)c3)C2=O)cc1. The molecule has 3 amide bonds. The van der Waals surface area contributed by atoms with Gasteiger partial charge in [-0.3, -0.25) is 14.4 Å². The van der Waals surface area contributed by atoms with Crippen LogP contribution in [-0.4, -0.2) is 75.9 Å². The van der Waals surface area contributed by atoms with Crippen molar-refractivity contribution in [2.45, 2.75) is 18.8 Å². The van der Waals surface area contributed by atoms with E-state index >= 15 is 0 Å². The van der Waals surface area contributed by atoms with Gasteiger partial charge in [0.2, 0.25) is 5.91 Å². The van der Waals surface area contributed by atoms with E-state index in [1.807, 2.05) is 0 Å². The van der Waals surface area contributed by atoms with Gasteiger partial charge in [-0.25, -0.2) is 9.69 Å². The summed E-state index contributed by atoms with van der Waals surface area (Å²) in [5, 5.41) is 0. The molecule has 0 aliphatic carbocycles. The van der Waals surface area contributed by atoms with E-state index in [4.69, 9.17) is 14.2 Å². The molecule has 0 aromatic heterocycles. The fourth-order valence-electron chi connectivity index (χ4n) is 3.67. The second-order valence-electron chi connectivity index (χ2n) is 7.42. The van der Waals surface area contributed by atoms with Gasteiger partial charge in [-0.1, -0.05) is 6.07 Å². The summed E-state index contributed by atoms with van der Waals surface area (Å²) >= 11 is 0. The number of carbonyl (C=O) groups excluding carboxylic acids is 4. The first kappa shape index (κ1) is 24.9. The molecule has 10 heteroatoms. The Bertz CT molecular complexity index is 1060. The standard InChI is InChI=1S/C24H26N2O8/c1-31-18-7-5-6-16(12-18)22(28)25(14-21(32-2)33-3)19-13-20(27)26(23(19)29)17-10-8-15(9-11-17)24(30)34-4/h5-12,19,21H,13-14H2,1-4H3. The molecule has 2 aromatic carbocycles. The molecule has 1 unspecified atom stereocenters. The third-order valence-corrected chi connectivity index (χ3v) is 5.49. The zero-order valence-corrected chi connectivity index (χ0v) is 19.3. The van der Waals surface area contributed by atoms with E-state index in [1.165, 1.54) is 57.6 Å². The highest BCUT2D eigenvalue weighted by Gasteiger charge is 2.45. The molecule has 1 fully saturated rings. The largest absolute Gasteiger partial charge is 0.497 e. The summed E-state index contributed by atoms with van der Waals surface area (Å²) in [6, 6.07) is 11.3. The van der Waals surface area contributed by atoms with Crippen LogP contribution in [0.5, 0.6) is 5.75 Å². The van der Waals surface area contributed by atoms with Crippen LogP contribution in [0.25, 0.3) is 0 Å². The minimum atomic E-state index is -1.07. The predicted molar refractivity (Wildman–Crippen MR) is 121 cm³/mol. The van der Waals surface area contributed by atoms with E-state index in [9.17, 15) is 19.2 Å². The van der Waals surface area contributed by atoms with Gasteiger partial charge in [0.05, 0.1) is 38.4 Å². The third kappa shape index (κ3) is 5.08. The Hall–Kier alpha value is -3.76. The van der Waals surface area contributed by atoms with Crippen molar-refractivity contribution in [2.24, 2.45) is 0 Å². The number of imide groups is 1. The van der Waals surface area contributed by atoms with E-state index in [2.05, 4.69) is 4.74 Å². The van der Waals surface area contributed by atoms with Crippen LogP contribution in [0.3, 0.4) is 0 Å². The van der Waals surface area contributed by atoms with Crippen molar-refractivity contribution in [3.8, 4) is 5.75 Å². The molecule has 0 saturated carbocycles. The Morgan fingerprint density at radius 2 is 1.68 bits per heavy atom. The average molecular weight is 470 g/mol. The number of ether oxygens (including phenoxy) is 4. The first-order valence-corrected chi connectivity index (χ1v) is 10.4. The number of nitrogens with zero attached hydrogens (tertiary/aromatic N) is 2. The molecule has 0 bridgehead atoms. The van der Waals surface area contributed by atoms with Crippen LogP contribution in [0.15, 0.2) is 48.5 Å². The van der Waals surface area contributed by atoms with Gasteiger partial charge in [-0.05, 0) is 42.5 Å². The summed E-state index contributed by atoms with van der Waals surface area (Å²) < 4.78 is 20.4. The summed E-state index contributed by atoms with van der Waals surface area (Å²) in [5.41, 5.74) is 0.847. The average Bonchev–Trinajstić information content (AvgIpc) is 3.17. The Kier molecular flexibility index (Phi) is 7.98. The summed E-state index contributed by atoms with van der Waals surface area (Å²) in [5.74, 6) is -1.59. The predicted octanol–water partition coefficient (Wildman–Crippen LogP) is 1.87. The number of methoxy groups -OCH3 is 4. The van der Waals surface area contributed by atoms with Crippen molar-refractivity contribution in [3.05, 3.63) is 59.7 Å². The van der Waals surface area contributed by atoms with Crippen LogP contribution in [0.1, 0.15) is 27.1 Å². The lowest BCUT2D eigenvalue weighted by molar-refractivity contribution is -0.128. The molecule has 1 atom stereocenters. The second kappa shape index (κ2) is 10.9. The van der Waals surface area contributed by atoms with E-state index < -0.39 is 36.0 Å². The number of hydrogen-bond donors (Lipinski definition) is 0. The van der Waals surface area contributed by atoms with Crippen molar-refractivity contribution in [1.82, 2.24) is 4.90 Å². The Balaban J connectivity index is 1.93. The van der Waals surface area contributed by atoms with Crippen LogP contribution in [0.2, 0.25) is 0 Å². The highest BCUT2D eigenvalue weighted by Crippen LogP contribution is 2.28. The van der Waals surface area contributed by atoms with Crippen LogP contribution in [0, 0.1) is 0 Å². The number of esters is 1. The number of anilines is 1. The van der Waals surface area contributed by atoms with Crippen LogP contribution in [0.4, 0.5) is 5.69 Å². The highest BCUT2D eigenvalue weighted by molar-refractivity contribution is 6.23. The van der Waals surface area contributed by atoms with Gasteiger partial charge in [-0.15, -0.1) is 0 Å². The number of rotatable bonds is 9. The maximum Gasteiger partial charge on any atom is 0.337 e. The molecular weight excluding hydrogens is 444 g/mol. The van der Waals surface area contributed by atoms with Gasteiger partial charge in [-0.2, -0.15) is 0 Å². The quantitative estimate of drug-likeness (QED) is 0.310. The zero-order chi connectivity index (χ0) is 24.8. The lowest BCUT2D eigenvalue weighted by atomic mass is 10.1. The first-order valence-electron chi connectivity index (χ1n) is 10.4. The number of amides is 3. The molecule has 2 aromatic rings. The van der Waals surface area contributed by atoms with E-state index in [0.29, 0.717) is 5.75 Å². The zero-order valence-electron chi connectivity index (χ0n) is 19.3. The van der Waals surface area contributed by atoms with Crippen LogP contribution in [-0.2, 0) is 23.8 Å². The van der Waals surface area contributed by atoms with Crippen molar-refractivity contribution >= 4 is 29.4 Å². The van der Waals surface area contributed by atoms with Crippen molar-refractivity contribution in [3.63, 3.8) is 0 Å². The molecule has 180 valence electrons. The molecular formula is C24H26N2O8. The lowest BCUT2D eigenvalue weighted by Gasteiger charge is -2.30. The van der Waals surface area contributed by atoms with Crippen molar-refractivity contribution in [2.75, 3.05) is 39.9 Å². The van der Waals surface area contributed by atoms with Gasteiger partial charge in [0.15, 0.2) is 6.29 Å². The van der Waals surface area contributed by atoms with E-state index in [-0.39, 0.29) is 29.8 Å². The lowest BCUT2D eigenvalue weighted by Crippen LogP contribution is -2.49. The minimum Gasteiger partial charge on any atom is -0.497 e. The molecule has 0 spiro atoms. The van der Waals surface area contributed by atoms with E-state index in [0.717, 1.165) is 4.90 Å². The molecule has 3 rings (SSSR count). The minimum absolute atomic E-state index is 0.0815. The van der Waals surface area contributed by atoms with Crippen LogP contribution >= 0.6 is 0 Å². The molecule has 0 N–H and O–H groups in total. The summed E-state index contributed by atoms with van der Waals surface area (Å²) in [6.07, 6.45) is -1.03. The Labute approximate surface area is 196 Å². The number of benzene rings is 2. The van der Waals surface area contributed by atoms with E-state index in [1.54, 1.807) is 24.3 Å². The molecule has 1 aliphatic rings. The van der Waals surface area contributed by atoms with Gasteiger partial charge < -0.3 is 23.8 Å². The van der Waals surface area contributed by atoms with Gasteiger partial charge in [0.1, 0.15) is 11.8 Å². The fourth-order valence-corrected chi connectivity index (χ4v) is 3.67. The molecule has 1 aliphatic heterocycles. The second-order valence-corrected chi connectivity index (χ2v) is 7.42. The summed E-state index contributed by atoms with van der Waals surface area (Å²) in [7, 11) is 5.57. The van der Waals surface area contributed by atoms with Gasteiger partial charge >= 0.3 is 5.97 Å². The molecule has 1 saturated heterocycles. The van der Waals surface area contributed by atoms with Gasteiger partial charge in [0.25, 0.3) is 11.8 Å². The topological polar surface area (TPSA) is 112 Å². The number of hydrogen-bond acceptors (Lipinski definition) is 8. The monoisotopic (exact) mass is 470 g/mol. The van der Waals surface area contributed by atoms with Gasteiger partial charge in [0, 0.05) is 19.8 Å². The fraction of sp³-hybridized carbons (Fsp3) is 0.333. The third-order valence-electron chi connectivity index (χ3n) is 5.49. The normalized spacial score (nSPS) is 15.6. The maximum atomic E-state index is 13.4. The molecule has 0 radical (unpaired) electrons. The molecule has 34 heavy (non-hydrogen) atoms. The molecule has 10 nitrogen and oxygen atoms in total. The van der Waals surface area contributed by atoms with Crippen molar-refractivity contribution in [1.29, 1.82) is 0 Å². The van der Waals surface area contributed by atoms with Crippen molar-refractivity contribution < 1.29 is 38.1 Å². The summed E-state index contributed by atoms with van der Waals surface area (Å²) in [6.45, 7) is -0.0815. The Morgan fingerprint density at radius 1 is 1.00 bits per heavy atom. The summed E-state index contributed by atoms with van der Waals surface area (Å²) in [4.78, 5) is 53.6. The first-order chi connectivity index (χ1) is 16.3. The smallest absolute Gasteiger partial charge is 0.337 e. The highest BCUT2D eigenvalue weighted by atomic mass is 16.7.